The Balaban J connectivity index is 2.58. The molecule has 1 aromatic heterocycles. The highest BCUT2D eigenvalue weighted by Gasteiger charge is 2.17. The molecule has 18 heavy (non-hydrogen) atoms. The van der Waals surface area contributed by atoms with Crippen molar-refractivity contribution in [3.8, 4) is 17.1 Å². The van der Waals surface area contributed by atoms with Crippen molar-refractivity contribution in [2.24, 2.45) is 0 Å². The van der Waals surface area contributed by atoms with Gasteiger partial charge in [0.15, 0.2) is 11.5 Å². The van der Waals surface area contributed by atoms with Crippen molar-refractivity contribution in [1.29, 1.82) is 0 Å². The first-order chi connectivity index (χ1) is 8.52. The third-order valence-corrected chi connectivity index (χ3v) is 2.90. The third kappa shape index (κ3) is 2.24. The number of carbonyl (C=O) groups is 1. The van der Waals surface area contributed by atoms with E-state index in [4.69, 9.17) is 14.4 Å². The number of ether oxygens (including phenoxy) is 1. The Kier molecular flexibility index (Phi) is 3.38. The van der Waals surface area contributed by atoms with Gasteiger partial charge in [0.1, 0.15) is 5.75 Å². The van der Waals surface area contributed by atoms with Gasteiger partial charge in [-0.2, -0.15) is 0 Å². The first-order valence-corrected chi connectivity index (χ1v) is 5.86. The highest BCUT2D eigenvalue weighted by Crippen LogP contribution is 2.36. The molecular weight excluding hydrogens is 302 g/mol. The van der Waals surface area contributed by atoms with Gasteiger partial charge in [0.2, 0.25) is 0 Å². The van der Waals surface area contributed by atoms with E-state index in [1.807, 2.05) is 13.0 Å². The maximum absolute atomic E-state index is 10.8. The Morgan fingerprint density at radius 3 is 2.72 bits per heavy atom. The van der Waals surface area contributed by atoms with E-state index in [1.165, 1.54) is 6.07 Å². The van der Waals surface area contributed by atoms with Crippen LogP contribution in [0.4, 0.5) is 0 Å². The van der Waals surface area contributed by atoms with Crippen LogP contribution in [0.5, 0.6) is 5.75 Å². The number of aromatic carboxylic acids is 1. The van der Waals surface area contributed by atoms with Gasteiger partial charge in [-0.3, -0.25) is 0 Å². The number of nitrogens with zero attached hydrogens (tertiary/aromatic N) is 1. The predicted molar refractivity (Wildman–Crippen MR) is 67.9 cm³/mol. The summed E-state index contributed by atoms with van der Waals surface area (Å²) in [5, 5.41) is 12.3. The van der Waals surface area contributed by atoms with Gasteiger partial charge in [-0.1, -0.05) is 21.1 Å². The van der Waals surface area contributed by atoms with Crippen molar-refractivity contribution in [3.63, 3.8) is 0 Å². The molecule has 0 aliphatic rings. The molecule has 0 saturated carbocycles. The smallest absolute Gasteiger partial charge is 0.358 e. The number of halogens is 1. The normalized spacial score (nSPS) is 10.4. The zero-order chi connectivity index (χ0) is 13.3. The van der Waals surface area contributed by atoms with Crippen molar-refractivity contribution in [2.45, 2.75) is 6.92 Å². The summed E-state index contributed by atoms with van der Waals surface area (Å²) in [5.41, 5.74) is 1.43. The quantitative estimate of drug-likeness (QED) is 0.942. The largest absolute Gasteiger partial charge is 0.496 e. The summed E-state index contributed by atoms with van der Waals surface area (Å²) in [7, 11) is 1.55. The molecule has 0 aliphatic heterocycles. The van der Waals surface area contributed by atoms with E-state index in [2.05, 4.69) is 21.1 Å². The summed E-state index contributed by atoms with van der Waals surface area (Å²) in [5.74, 6) is -0.143. The van der Waals surface area contributed by atoms with Gasteiger partial charge < -0.3 is 14.4 Å². The van der Waals surface area contributed by atoms with E-state index in [9.17, 15) is 4.79 Å². The zero-order valence-electron chi connectivity index (χ0n) is 9.73. The van der Waals surface area contributed by atoms with Crippen LogP contribution < -0.4 is 4.74 Å². The summed E-state index contributed by atoms with van der Waals surface area (Å²) in [6, 6.07) is 5.06. The number of aryl methyl sites for hydroxylation is 1. The van der Waals surface area contributed by atoms with Gasteiger partial charge in [0.25, 0.3) is 0 Å². The topological polar surface area (TPSA) is 72.6 Å². The maximum Gasteiger partial charge on any atom is 0.358 e. The van der Waals surface area contributed by atoms with Crippen LogP contribution in [0.3, 0.4) is 0 Å². The molecule has 5 nitrogen and oxygen atoms in total. The lowest BCUT2D eigenvalue weighted by molar-refractivity contribution is 0.0686. The van der Waals surface area contributed by atoms with E-state index in [-0.39, 0.29) is 5.69 Å². The lowest BCUT2D eigenvalue weighted by Gasteiger charge is -2.09. The molecule has 0 radical (unpaired) electrons. The van der Waals surface area contributed by atoms with E-state index in [0.717, 1.165) is 10.0 Å². The number of methoxy groups -OCH3 is 1. The van der Waals surface area contributed by atoms with Crippen molar-refractivity contribution < 1.29 is 19.2 Å². The maximum atomic E-state index is 10.8. The molecule has 0 spiro atoms. The molecule has 0 atom stereocenters. The summed E-state index contributed by atoms with van der Waals surface area (Å²) >= 11 is 3.38. The summed E-state index contributed by atoms with van der Waals surface area (Å²) in [4.78, 5) is 10.8. The second-order valence-electron chi connectivity index (χ2n) is 3.69. The molecule has 0 unspecified atom stereocenters. The van der Waals surface area contributed by atoms with Crippen LogP contribution in [0, 0.1) is 6.92 Å². The van der Waals surface area contributed by atoms with Crippen LogP contribution >= 0.6 is 15.9 Å². The summed E-state index contributed by atoms with van der Waals surface area (Å²) in [6.45, 7) is 1.89. The molecule has 6 heteroatoms. The number of rotatable bonds is 3. The minimum atomic E-state index is -1.13. The Hall–Kier alpha value is -1.82. The number of carboxylic acids is 1. The molecule has 0 amide bonds. The molecule has 94 valence electrons. The van der Waals surface area contributed by atoms with Crippen LogP contribution in [-0.2, 0) is 0 Å². The molecular formula is C12H10BrNO4. The molecule has 1 heterocycles. The fraction of sp³-hybridized carbons (Fsp3) is 0.167. The van der Waals surface area contributed by atoms with Crippen LogP contribution in [0.25, 0.3) is 11.3 Å². The second kappa shape index (κ2) is 4.81. The summed E-state index contributed by atoms with van der Waals surface area (Å²) in [6.07, 6.45) is 0. The van der Waals surface area contributed by atoms with Gasteiger partial charge in [-0.15, -0.1) is 0 Å². The molecule has 0 fully saturated rings. The Labute approximate surface area is 111 Å². The standard InChI is InChI=1S/C12H10BrNO4/c1-6-3-7(13)4-8(11(6)17-2)10-5-9(12(15)16)14-18-10/h3-5H,1-2H3,(H,15,16). The zero-order valence-corrected chi connectivity index (χ0v) is 11.3. The average molecular weight is 312 g/mol. The number of carboxylic acid groups (broad SMARTS) is 1. The van der Waals surface area contributed by atoms with Crippen LogP contribution in [0.15, 0.2) is 27.2 Å². The monoisotopic (exact) mass is 311 g/mol. The van der Waals surface area contributed by atoms with Crippen molar-refractivity contribution in [3.05, 3.63) is 33.9 Å². The van der Waals surface area contributed by atoms with Gasteiger partial charge in [-0.25, -0.2) is 4.79 Å². The molecule has 0 aliphatic carbocycles. The van der Waals surface area contributed by atoms with Gasteiger partial charge in [-0.05, 0) is 24.6 Å². The second-order valence-corrected chi connectivity index (χ2v) is 4.60. The first-order valence-electron chi connectivity index (χ1n) is 5.07. The van der Waals surface area contributed by atoms with Crippen LogP contribution in [0.1, 0.15) is 16.1 Å². The highest BCUT2D eigenvalue weighted by molar-refractivity contribution is 9.10. The summed E-state index contributed by atoms with van der Waals surface area (Å²) < 4.78 is 11.2. The Morgan fingerprint density at radius 2 is 2.17 bits per heavy atom. The molecule has 1 aromatic carbocycles. The van der Waals surface area contributed by atoms with Gasteiger partial charge in [0.05, 0.1) is 12.7 Å². The van der Waals surface area contributed by atoms with Crippen molar-refractivity contribution in [1.82, 2.24) is 5.16 Å². The molecule has 0 saturated heterocycles. The van der Waals surface area contributed by atoms with Gasteiger partial charge >= 0.3 is 5.97 Å². The van der Waals surface area contributed by atoms with E-state index >= 15 is 0 Å². The van der Waals surface area contributed by atoms with E-state index in [0.29, 0.717) is 17.1 Å². The highest BCUT2D eigenvalue weighted by atomic mass is 79.9. The molecule has 1 N–H and O–H groups in total. The van der Waals surface area contributed by atoms with E-state index < -0.39 is 5.97 Å². The van der Waals surface area contributed by atoms with E-state index in [1.54, 1.807) is 13.2 Å². The van der Waals surface area contributed by atoms with Crippen LogP contribution in [-0.4, -0.2) is 23.3 Å². The van der Waals surface area contributed by atoms with Crippen LogP contribution in [0.2, 0.25) is 0 Å². The number of benzene rings is 1. The minimum Gasteiger partial charge on any atom is -0.496 e. The third-order valence-electron chi connectivity index (χ3n) is 2.44. The minimum absolute atomic E-state index is 0.135. The Morgan fingerprint density at radius 1 is 1.44 bits per heavy atom. The number of hydrogen-bond donors (Lipinski definition) is 1. The lowest BCUT2D eigenvalue weighted by atomic mass is 10.1. The fourth-order valence-electron chi connectivity index (χ4n) is 1.69. The van der Waals surface area contributed by atoms with Crippen molar-refractivity contribution in [2.75, 3.05) is 7.11 Å². The van der Waals surface area contributed by atoms with Gasteiger partial charge in [0, 0.05) is 10.5 Å². The lowest BCUT2D eigenvalue weighted by Crippen LogP contribution is -1.94. The first kappa shape index (κ1) is 12.6. The Bertz CT molecular complexity index is 606. The SMILES string of the molecule is COc1c(C)cc(Br)cc1-c1cc(C(=O)O)no1. The molecule has 2 aromatic rings. The number of aromatic nitrogens is 1. The van der Waals surface area contributed by atoms with Crippen molar-refractivity contribution >= 4 is 21.9 Å². The predicted octanol–water partition coefficient (Wildman–Crippen LogP) is 3.12. The number of hydrogen-bond acceptors (Lipinski definition) is 4. The molecule has 0 bridgehead atoms. The molecule has 2 rings (SSSR count). The average Bonchev–Trinajstić information content (AvgIpc) is 2.77. The fourth-order valence-corrected chi connectivity index (χ4v) is 2.26.